The molecule has 1 atom stereocenters. The minimum atomic E-state index is -0.226. The van der Waals surface area contributed by atoms with Crippen molar-refractivity contribution in [2.75, 3.05) is 49.1 Å². The summed E-state index contributed by atoms with van der Waals surface area (Å²) in [7, 11) is 0. The molecule has 2 aromatic carbocycles. The smallest absolute Gasteiger partial charge is 0.223 e. The minimum Gasteiger partial charge on any atom is -0.367 e. The number of aromatic amines is 1. The number of nitrogens with zero attached hydrogens (tertiary/aromatic N) is 3. The maximum Gasteiger partial charge on any atom is 0.223 e. The molecule has 30 heavy (non-hydrogen) atoms. The molecule has 0 spiro atoms. The van der Waals surface area contributed by atoms with Crippen LogP contribution in [0.5, 0.6) is 0 Å². The zero-order valence-electron chi connectivity index (χ0n) is 17.3. The summed E-state index contributed by atoms with van der Waals surface area (Å²) in [6.07, 6.45) is 2.93. The lowest BCUT2D eigenvalue weighted by Gasteiger charge is -2.36. The lowest BCUT2D eigenvalue weighted by Crippen LogP contribution is -2.47. The number of anilines is 2. The van der Waals surface area contributed by atoms with Crippen molar-refractivity contribution in [3.8, 4) is 0 Å². The number of hydrogen-bond acceptors (Lipinski definition) is 3. The van der Waals surface area contributed by atoms with Crippen molar-refractivity contribution in [3.63, 3.8) is 0 Å². The third kappa shape index (κ3) is 3.45. The van der Waals surface area contributed by atoms with Gasteiger partial charge in [0, 0.05) is 62.8 Å². The Bertz CT molecular complexity index is 1070. The first-order valence-electron chi connectivity index (χ1n) is 10.7. The summed E-state index contributed by atoms with van der Waals surface area (Å²) >= 11 is 0. The van der Waals surface area contributed by atoms with E-state index < -0.39 is 0 Å². The van der Waals surface area contributed by atoms with Crippen molar-refractivity contribution in [1.29, 1.82) is 0 Å². The highest BCUT2D eigenvalue weighted by molar-refractivity contribution is 5.94. The van der Waals surface area contributed by atoms with Gasteiger partial charge in [0.1, 0.15) is 5.82 Å². The van der Waals surface area contributed by atoms with E-state index in [0.717, 1.165) is 50.4 Å². The van der Waals surface area contributed by atoms with Gasteiger partial charge in [0.05, 0.1) is 11.2 Å². The van der Waals surface area contributed by atoms with Crippen LogP contribution in [0.4, 0.5) is 15.8 Å². The van der Waals surface area contributed by atoms with E-state index in [4.69, 9.17) is 0 Å². The number of piperazine rings is 1. The number of carbonyl (C=O) groups excluding carboxylic acids is 1. The standard InChI is InChI=1S/C24H27FN4O/c1-17(30)29-16-19(21-15-20(25)5-6-22(21)29)8-10-27-11-13-28(14-12-27)23-4-2-3-18-7-9-26-24(18)23/h2-7,9,15,19,26H,8,10-14,16H2,1H3. The highest BCUT2D eigenvalue weighted by atomic mass is 19.1. The van der Waals surface area contributed by atoms with Crippen molar-refractivity contribution in [1.82, 2.24) is 9.88 Å². The molecule has 2 aliphatic rings. The zero-order valence-corrected chi connectivity index (χ0v) is 17.3. The predicted molar refractivity (Wildman–Crippen MR) is 119 cm³/mol. The number of amides is 1. The van der Waals surface area contributed by atoms with Gasteiger partial charge in [-0.2, -0.15) is 0 Å². The van der Waals surface area contributed by atoms with Gasteiger partial charge in [-0.05, 0) is 48.9 Å². The van der Waals surface area contributed by atoms with Crippen LogP contribution < -0.4 is 9.80 Å². The van der Waals surface area contributed by atoms with Crippen LogP contribution in [-0.4, -0.2) is 55.1 Å². The fourth-order valence-corrected chi connectivity index (χ4v) is 4.94. The first-order valence-corrected chi connectivity index (χ1v) is 10.7. The monoisotopic (exact) mass is 406 g/mol. The lowest BCUT2D eigenvalue weighted by molar-refractivity contribution is -0.116. The molecule has 1 aromatic heterocycles. The molecule has 0 bridgehead atoms. The summed E-state index contributed by atoms with van der Waals surface area (Å²) in [5, 5.41) is 1.25. The Hall–Kier alpha value is -2.86. The SMILES string of the molecule is CC(=O)N1CC(CCN2CCN(c3cccc4cc[nH]c34)CC2)c2cc(F)ccc21. The Labute approximate surface area is 176 Å². The Kier molecular flexibility index (Phi) is 4.95. The molecule has 3 aromatic rings. The maximum absolute atomic E-state index is 13.8. The second-order valence-corrected chi connectivity index (χ2v) is 8.37. The van der Waals surface area contributed by atoms with Gasteiger partial charge in [0.25, 0.3) is 0 Å². The molecule has 2 aliphatic heterocycles. The molecule has 1 unspecified atom stereocenters. The Morgan fingerprint density at radius 3 is 2.73 bits per heavy atom. The fraction of sp³-hybridized carbons (Fsp3) is 0.375. The Balaban J connectivity index is 1.21. The van der Waals surface area contributed by atoms with Gasteiger partial charge < -0.3 is 14.8 Å². The second kappa shape index (κ2) is 7.76. The van der Waals surface area contributed by atoms with Crippen molar-refractivity contribution in [3.05, 3.63) is 60.0 Å². The summed E-state index contributed by atoms with van der Waals surface area (Å²) < 4.78 is 13.8. The first kappa shape index (κ1) is 19.1. The maximum atomic E-state index is 13.8. The van der Waals surface area contributed by atoms with Crippen LogP contribution in [0.3, 0.4) is 0 Å². The first-order chi connectivity index (χ1) is 14.6. The van der Waals surface area contributed by atoms with Crippen LogP contribution >= 0.6 is 0 Å². The lowest BCUT2D eigenvalue weighted by atomic mass is 9.97. The van der Waals surface area contributed by atoms with Gasteiger partial charge in [-0.15, -0.1) is 0 Å². The molecule has 6 heteroatoms. The molecule has 1 amide bonds. The molecular formula is C24H27FN4O. The summed E-state index contributed by atoms with van der Waals surface area (Å²) in [6, 6.07) is 13.4. The number of aromatic nitrogens is 1. The normalized spacial score (nSPS) is 19.5. The third-order valence-corrected chi connectivity index (χ3v) is 6.58. The molecule has 1 saturated heterocycles. The number of H-pyrrole nitrogens is 1. The van der Waals surface area contributed by atoms with Crippen molar-refractivity contribution in [2.45, 2.75) is 19.3 Å². The average Bonchev–Trinajstić information content (AvgIpc) is 3.37. The molecular weight excluding hydrogens is 379 g/mol. The summed E-state index contributed by atoms with van der Waals surface area (Å²) in [4.78, 5) is 22.1. The molecule has 0 saturated carbocycles. The summed E-state index contributed by atoms with van der Waals surface area (Å²) in [5.74, 6) is -0.000907. The van der Waals surface area contributed by atoms with Gasteiger partial charge in [-0.3, -0.25) is 9.69 Å². The molecule has 3 heterocycles. The highest BCUT2D eigenvalue weighted by Gasteiger charge is 2.31. The van der Waals surface area contributed by atoms with Crippen molar-refractivity contribution in [2.24, 2.45) is 0 Å². The number of halogens is 1. The molecule has 0 aliphatic carbocycles. The van der Waals surface area contributed by atoms with E-state index in [1.165, 1.54) is 22.7 Å². The number of hydrogen-bond donors (Lipinski definition) is 1. The zero-order chi connectivity index (χ0) is 20.7. The van der Waals surface area contributed by atoms with E-state index in [1.807, 2.05) is 6.20 Å². The average molecular weight is 407 g/mol. The number of nitrogens with one attached hydrogen (secondary N) is 1. The molecule has 5 nitrogen and oxygen atoms in total. The summed E-state index contributed by atoms with van der Waals surface area (Å²) in [5.41, 5.74) is 4.33. The van der Waals surface area contributed by atoms with Crippen molar-refractivity contribution >= 4 is 28.2 Å². The van der Waals surface area contributed by atoms with E-state index in [0.29, 0.717) is 6.54 Å². The fourth-order valence-electron chi connectivity index (χ4n) is 4.94. The number of carbonyl (C=O) groups is 1. The van der Waals surface area contributed by atoms with Gasteiger partial charge in [0.2, 0.25) is 5.91 Å². The van der Waals surface area contributed by atoms with Gasteiger partial charge >= 0.3 is 0 Å². The molecule has 0 radical (unpaired) electrons. The number of para-hydroxylation sites is 1. The Morgan fingerprint density at radius 1 is 1.10 bits per heavy atom. The van der Waals surface area contributed by atoms with Crippen LogP contribution in [0, 0.1) is 5.82 Å². The summed E-state index contributed by atoms with van der Waals surface area (Å²) in [6.45, 7) is 7.21. The van der Waals surface area contributed by atoms with Gasteiger partial charge in [-0.1, -0.05) is 12.1 Å². The predicted octanol–water partition coefficient (Wildman–Crippen LogP) is 3.97. The van der Waals surface area contributed by atoms with Crippen molar-refractivity contribution < 1.29 is 9.18 Å². The molecule has 1 fully saturated rings. The highest BCUT2D eigenvalue weighted by Crippen LogP contribution is 2.38. The van der Waals surface area contributed by atoms with Crippen LogP contribution in [0.2, 0.25) is 0 Å². The van der Waals surface area contributed by atoms with Crippen LogP contribution in [0.15, 0.2) is 48.7 Å². The largest absolute Gasteiger partial charge is 0.367 e. The van der Waals surface area contributed by atoms with E-state index in [1.54, 1.807) is 24.0 Å². The topological polar surface area (TPSA) is 42.6 Å². The minimum absolute atomic E-state index is 0.0254. The van der Waals surface area contributed by atoms with E-state index >= 15 is 0 Å². The second-order valence-electron chi connectivity index (χ2n) is 8.37. The number of rotatable bonds is 4. The van der Waals surface area contributed by atoms with E-state index in [9.17, 15) is 9.18 Å². The molecule has 5 rings (SSSR count). The van der Waals surface area contributed by atoms with Crippen LogP contribution in [-0.2, 0) is 4.79 Å². The van der Waals surface area contributed by atoms with Gasteiger partial charge in [0.15, 0.2) is 0 Å². The number of benzene rings is 2. The molecule has 156 valence electrons. The van der Waals surface area contributed by atoms with Crippen LogP contribution in [0.1, 0.15) is 24.8 Å². The Morgan fingerprint density at radius 2 is 1.93 bits per heavy atom. The van der Waals surface area contributed by atoms with E-state index in [2.05, 4.69) is 39.0 Å². The third-order valence-electron chi connectivity index (χ3n) is 6.58. The van der Waals surface area contributed by atoms with Crippen LogP contribution in [0.25, 0.3) is 10.9 Å². The number of fused-ring (bicyclic) bond motifs is 2. The molecule has 1 N–H and O–H groups in total. The van der Waals surface area contributed by atoms with Gasteiger partial charge in [-0.25, -0.2) is 4.39 Å². The van der Waals surface area contributed by atoms with E-state index in [-0.39, 0.29) is 17.6 Å². The quantitative estimate of drug-likeness (QED) is 0.713.